The van der Waals surface area contributed by atoms with Gasteiger partial charge in [0, 0.05) is 39.3 Å². The maximum Gasteiger partial charge on any atom is 0.229 e. The SMILES string of the molecule is CC(=O)N1CCN(c2ccnc(Nc3ccc(F)c(F)c3F)n2)CC1. The lowest BCUT2D eigenvalue weighted by Crippen LogP contribution is -2.48. The van der Waals surface area contributed by atoms with Crippen molar-refractivity contribution in [1.29, 1.82) is 0 Å². The molecule has 9 heteroatoms. The molecule has 0 unspecified atom stereocenters. The van der Waals surface area contributed by atoms with Gasteiger partial charge in [-0.2, -0.15) is 4.98 Å². The number of amides is 1. The van der Waals surface area contributed by atoms with E-state index in [-0.39, 0.29) is 17.5 Å². The molecule has 1 saturated heterocycles. The number of nitrogens with zero attached hydrogens (tertiary/aromatic N) is 4. The van der Waals surface area contributed by atoms with Crippen LogP contribution < -0.4 is 10.2 Å². The second-order valence-electron chi connectivity index (χ2n) is 5.58. The third kappa shape index (κ3) is 3.65. The van der Waals surface area contributed by atoms with E-state index in [1.165, 1.54) is 13.1 Å². The average molecular weight is 351 g/mol. The lowest BCUT2D eigenvalue weighted by Gasteiger charge is -2.34. The summed E-state index contributed by atoms with van der Waals surface area (Å²) in [6.07, 6.45) is 1.49. The van der Waals surface area contributed by atoms with Crippen molar-refractivity contribution in [3.8, 4) is 0 Å². The molecule has 25 heavy (non-hydrogen) atoms. The van der Waals surface area contributed by atoms with Crippen LogP contribution in [0.5, 0.6) is 0 Å². The molecule has 2 heterocycles. The summed E-state index contributed by atoms with van der Waals surface area (Å²) < 4.78 is 40.0. The fourth-order valence-corrected chi connectivity index (χ4v) is 2.58. The van der Waals surface area contributed by atoms with Gasteiger partial charge in [0.1, 0.15) is 5.82 Å². The molecule has 2 aromatic rings. The summed E-state index contributed by atoms with van der Waals surface area (Å²) in [5.41, 5.74) is -0.252. The Morgan fingerprint density at radius 2 is 1.80 bits per heavy atom. The molecule has 0 aliphatic carbocycles. The molecule has 1 aromatic carbocycles. The van der Waals surface area contributed by atoms with Gasteiger partial charge >= 0.3 is 0 Å². The van der Waals surface area contributed by atoms with Crippen LogP contribution in [-0.4, -0.2) is 47.0 Å². The lowest BCUT2D eigenvalue weighted by molar-refractivity contribution is -0.129. The number of halogens is 3. The van der Waals surface area contributed by atoms with Crippen LogP contribution in [0.4, 0.5) is 30.6 Å². The van der Waals surface area contributed by atoms with Gasteiger partial charge in [0.15, 0.2) is 17.5 Å². The zero-order chi connectivity index (χ0) is 18.0. The number of carbonyl (C=O) groups excluding carboxylic acids is 1. The van der Waals surface area contributed by atoms with Gasteiger partial charge in [-0.15, -0.1) is 0 Å². The molecule has 6 nitrogen and oxygen atoms in total. The first-order valence-corrected chi connectivity index (χ1v) is 7.69. The second-order valence-corrected chi connectivity index (χ2v) is 5.58. The summed E-state index contributed by atoms with van der Waals surface area (Å²) in [7, 11) is 0. The predicted octanol–water partition coefficient (Wildman–Crippen LogP) is 2.31. The highest BCUT2D eigenvalue weighted by atomic mass is 19.2. The van der Waals surface area contributed by atoms with E-state index in [1.54, 1.807) is 11.0 Å². The van der Waals surface area contributed by atoms with Crippen LogP contribution >= 0.6 is 0 Å². The van der Waals surface area contributed by atoms with Crippen molar-refractivity contribution in [2.45, 2.75) is 6.92 Å². The number of aromatic nitrogens is 2. The Bertz CT molecular complexity index is 793. The van der Waals surface area contributed by atoms with Crippen LogP contribution in [-0.2, 0) is 4.79 Å². The maximum absolute atomic E-state index is 13.7. The van der Waals surface area contributed by atoms with E-state index in [0.29, 0.717) is 32.0 Å². The number of nitrogens with one attached hydrogen (secondary N) is 1. The Hall–Kier alpha value is -2.84. The van der Waals surface area contributed by atoms with E-state index in [2.05, 4.69) is 15.3 Å². The fraction of sp³-hybridized carbons (Fsp3) is 0.312. The van der Waals surface area contributed by atoms with Gasteiger partial charge in [0.2, 0.25) is 11.9 Å². The van der Waals surface area contributed by atoms with Crippen LogP contribution in [0.25, 0.3) is 0 Å². The van der Waals surface area contributed by atoms with E-state index in [1.807, 2.05) is 4.90 Å². The van der Waals surface area contributed by atoms with E-state index in [4.69, 9.17) is 0 Å². The van der Waals surface area contributed by atoms with Crippen molar-refractivity contribution in [3.63, 3.8) is 0 Å². The zero-order valence-electron chi connectivity index (χ0n) is 13.5. The zero-order valence-corrected chi connectivity index (χ0v) is 13.5. The van der Waals surface area contributed by atoms with E-state index < -0.39 is 17.5 Å². The highest BCUT2D eigenvalue weighted by Gasteiger charge is 2.20. The van der Waals surface area contributed by atoms with Gasteiger partial charge in [-0.1, -0.05) is 0 Å². The van der Waals surface area contributed by atoms with Crippen molar-refractivity contribution in [1.82, 2.24) is 14.9 Å². The Labute approximate surface area is 142 Å². The maximum atomic E-state index is 13.7. The van der Waals surface area contributed by atoms with Crippen molar-refractivity contribution in [2.24, 2.45) is 0 Å². The molecular formula is C16H16F3N5O. The average Bonchev–Trinajstić information content (AvgIpc) is 2.62. The smallest absolute Gasteiger partial charge is 0.229 e. The van der Waals surface area contributed by atoms with Crippen LogP contribution in [0.1, 0.15) is 6.92 Å². The van der Waals surface area contributed by atoms with Crippen molar-refractivity contribution >= 4 is 23.4 Å². The van der Waals surface area contributed by atoms with Crippen molar-refractivity contribution in [3.05, 3.63) is 41.8 Å². The monoisotopic (exact) mass is 351 g/mol. The third-order valence-corrected chi connectivity index (χ3v) is 3.97. The van der Waals surface area contributed by atoms with Gasteiger partial charge in [0.25, 0.3) is 0 Å². The van der Waals surface area contributed by atoms with Crippen molar-refractivity contribution < 1.29 is 18.0 Å². The van der Waals surface area contributed by atoms with Gasteiger partial charge in [-0.05, 0) is 18.2 Å². The van der Waals surface area contributed by atoms with Crippen molar-refractivity contribution in [2.75, 3.05) is 36.4 Å². The number of anilines is 3. The Kier molecular flexibility index (Phi) is 4.73. The largest absolute Gasteiger partial charge is 0.353 e. The van der Waals surface area contributed by atoms with Gasteiger partial charge in [0.05, 0.1) is 5.69 Å². The first kappa shape index (κ1) is 17.0. The Morgan fingerprint density at radius 3 is 2.48 bits per heavy atom. The van der Waals surface area contributed by atoms with Gasteiger partial charge in [-0.3, -0.25) is 4.79 Å². The number of piperazine rings is 1. The molecule has 1 aromatic heterocycles. The summed E-state index contributed by atoms with van der Waals surface area (Å²) in [5, 5.41) is 2.55. The van der Waals surface area contributed by atoms with E-state index in [9.17, 15) is 18.0 Å². The van der Waals surface area contributed by atoms with Gasteiger partial charge in [-0.25, -0.2) is 18.2 Å². The molecule has 1 N–H and O–H groups in total. The molecule has 1 aliphatic heterocycles. The normalized spacial score (nSPS) is 14.6. The molecule has 1 amide bonds. The quantitative estimate of drug-likeness (QED) is 0.860. The molecule has 0 spiro atoms. The molecule has 3 rings (SSSR count). The Balaban J connectivity index is 1.74. The first-order chi connectivity index (χ1) is 12.0. The standard InChI is InChI=1S/C16H16F3N5O/c1-10(25)23-6-8-24(9-7-23)13-4-5-20-16(22-13)21-12-3-2-11(17)14(18)15(12)19/h2-5H,6-9H2,1H3,(H,20,21,22). The molecule has 0 saturated carbocycles. The number of benzene rings is 1. The number of hydrogen-bond donors (Lipinski definition) is 1. The fourth-order valence-electron chi connectivity index (χ4n) is 2.58. The number of hydrogen-bond acceptors (Lipinski definition) is 5. The summed E-state index contributed by atoms with van der Waals surface area (Å²) in [6.45, 7) is 3.91. The molecule has 1 fully saturated rings. The molecule has 132 valence electrons. The third-order valence-electron chi connectivity index (χ3n) is 3.97. The molecular weight excluding hydrogens is 335 g/mol. The van der Waals surface area contributed by atoms with Crippen LogP contribution in [0, 0.1) is 17.5 Å². The topological polar surface area (TPSA) is 61.4 Å². The molecule has 0 radical (unpaired) electrons. The van der Waals surface area contributed by atoms with Crippen LogP contribution in [0.3, 0.4) is 0 Å². The van der Waals surface area contributed by atoms with E-state index in [0.717, 1.165) is 12.1 Å². The van der Waals surface area contributed by atoms with Crippen LogP contribution in [0.2, 0.25) is 0 Å². The molecule has 0 bridgehead atoms. The highest BCUT2D eigenvalue weighted by molar-refractivity contribution is 5.73. The predicted molar refractivity (Wildman–Crippen MR) is 86.1 cm³/mol. The summed E-state index contributed by atoms with van der Waals surface area (Å²) >= 11 is 0. The Morgan fingerprint density at radius 1 is 1.08 bits per heavy atom. The summed E-state index contributed by atoms with van der Waals surface area (Å²) in [6, 6.07) is 3.59. The summed E-state index contributed by atoms with van der Waals surface area (Å²) in [4.78, 5) is 23.3. The molecule has 1 aliphatic rings. The minimum absolute atomic E-state index is 0.0264. The number of rotatable bonds is 3. The summed E-state index contributed by atoms with van der Waals surface area (Å²) in [5.74, 6) is -3.45. The first-order valence-electron chi connectivity index (χ1n) is 7.69. The molecule has 0 atom stereocenters. The van der Waals surface area contributed by atoms with Crippen LogP contribution in [0.15, 0.2) is 24.4 Å². The second kappa shape index (κ2) is 6.96. The highest BCUT2D eigenvalue weighted by Crippen LogP contribution is 2.23. The number of carbonyl (C=O) groups is 1. The van der Waals surface area contributed by atoms with Gasteiger partial charge < -0.3 is 15.1 Å². The minimum Gasteiger partial charge on any atom is -0.353 e. The lowest BCUT2D eigenvalue weighted by atomic mass is 10.3. The minimum atomic E-state index is -1.55. The van der Waals surface area contributed by atoms with E-state index >= 15 is 0 Å².